The molecule has 0 amide bonds. The van der Waals surface area contributed by atoms with Crippen molar-refractivity contribution in [1.82, 2.24) is 20.6 Å². The van der Waals surface area contributed by atoms with Crippen LogP contribution >= 0.6 is 7.82 Å². The Kier molecular flexibility index (Phi) is 3.98. The van der Waals surface area contributed by atoms with E-state index in [1.54, 1.807) is 0 Å². The van der Waals surface area contributed by atoms with Gasteiger partial charge in [0.25, 0.3) is 0 Å². The summed E-state index contributed by atoms with van der Waals surface area (Å²) >= 11 is 0. The Morgan fingerprint density at radius 3 is 3.07 bits per heavy atom. The van der Waals surface area contributed by atoms with Crippen LogP contribution in [0.5, 0.6) is 0 Å². The smallest absolute Gasteiger partial charge is 0.329 e. The number of aromatic nitrogens is 3. The summed E-state index contributed by atoms with van der Waals surface area (Å²) in [5.41, 5.74) is 7.27. The molecular formula is C4H10N5O4P. The number of hydrogen-bond donors (Lipinski definition) is 3. The molecule has 0 fully saturated rings. The minimum Gasteiger partial charge on any atom is -0.329 e. The average Bonchev–Trinajstić information content (AvgIpc) is 2.56. The van der Waals surface area contributed by atoms with Crippen molar-refractivity contribution in [3.05, 3.63) is 12.4 Å². The monoisotopic (exact) mass is 223 g/mol. The van der Waals surface area contributed by atoms with E-state index in [1.165, 1.54) is 12.4 Å². The third-order valence-electron chi connectivity index (χ3n) is 1.01. The molecule has 1 aromatic rings. The van der Waals surface area contributed by atoms with E-state index in [4.69, 9.17) is 10.6 Å². The van der Waals surface area contributed by atoms with Gasteiger partial charge in [0.15, 0.2) is 0 Å². The van der Waals surface area contributed by atoms with Crippen LogP contribution in [-0.4, -0.2) is 33.1 Å². The summed E-state index contributed by atoms with van der Waals surface area (Å²) in [7, 11) is -4.22. The molecule has 1 rings (SSSR count). The highest BCUT2D eigenvalue weighted by Gasteiger charge is 2.24. The fourth-order valence-electron chi connectivity index (χ4n) is 0.549. The first-order valence-corrected chi connectivity index (χ1v) is 5.14. The van der Waals surface area contributed by atoms with Crippen LogP contribution in [0.3, 0.4) is 0 Å². The highest BCUT2D eigenvalue weighted by atomic mass is 31.2. The van der Waals surface area contributed by atoms with Gasteiger partial charge >= 0.3 is 7.82 Å². The lowest BCUT2D eigenvalue weighted by Gasteiger charge is -2.10. The van der Waals surface area contributed by atoms with Crippen LogP contribution in [0.25, 0.3) is 0 Å². The van der Waals surface area contributed by atoms with Crippen molar-refractivity contribution in [2.45, 2.75) is 0 Å². The molecular weight excluding hydrogens is 213 g/mol. The number of nitrogens with zero attached hydrogens (tertiary/aromatic N) is 3. The van der Waals surface area contributed by atoms with Gasteiger partial charge in [0, 0.05) is 13.1 Å². The quantitative estimate of drug-likeness (QED) is 0.295. The summed E-state index contributed by atoms with van der Waals surface area (Å²) in [6, 6.07) is 0. The Morgan fingerprint density at radius 1 is 1.71 bits per heavy atom. The van der Waals surface area contributed by atoms with Gasteiger partial charge in [-0.2, -0.15) is 10.1 Å². The zero-order chi connectivity index (χ0) is 10.4. The van der Waals surface area contributed by atoms with Gasteiger partial charge in [-0.05, 0) is 5.21 Å². The molecule has 0 aromatic carbocycles. The molecule has 0 aliphatic rings. The highest BCUT2D eigenvalue weighted by molar-refractivity contribution is 7.47. The molecule has 9 nitrogen and oxygen atoms in total. The van der Waals surface area contributed by atoms with Gasteiger partial charge in [-0.1, -0.05) is 4.85 Å². The molecule has 0 saturated carbocycles. The second kappa shape index (κ2) is 5.03. The SMILES string of the molecule is NCCNOP(=O)(O)On1ccnn1. The first-order chi connectivity index (χ1) is 6.64. The molecule has 0 aliphatic carbocycles. The van der Waals surface area contributed by atoms with Gasteiger partial charge in [0.1, 0.15) is 0 Å². The van der Waals surface area contributed by atoms with Crippen molar-refractivity contribution >= 4 is 7.82 Å². The van der Waals surface area contributed by atoms with E-state index in [-0.39, 0.29) is 13.1 Å². The van der Waals surface area contributed by atoms with Crippen molar-refractivity contribution in [1.29, 1.82) is 0 Å². The fourth-order valence-corrected chi connectivity index (χ4v) is 1.14. The number of phosphoric acid groups is 1. The van der Waals surface area contributed by atoms with Crippen molar-refractivity contribution < 1.29 is 18.7 Å². The lowest BCUT2D eigenvalue weighted by atomic mass is 10.7. The predicted molar refractivity (Wildman–Crippen MR) is 44.6 cm³/mol. The average molecular weight is 223 g/mol. The summed E-state index contributed by atoms with van der Waals surface area (Å²) < 4.78 is 19.8. The Hall–Kier alpha value is -0.990. The van der Waals surface area contributed by atoms with E-state index >= 15 is 0 Å². The van der Waals surface area contributed by atoms with Gasteiger partial charge in [0.2, 0.25) is 0 Å². The van der Waals surface area contributed by atoms with Gasteiger partial charge in [-0.25, -0.2) is 4.57 Å². The molecule has 1 atom stereocenters. The van der Waals surface area contributed by atoms with Crippen LogP contribution in [0.1, 0.15) is 0 Å². The van der Waals surface area contributed by atoms with Crippen LogP contribution in [0.2, 0.25) is 0 Å². The van der Waals surface area contributed by atoms with Gasteiger partial charge in [0.05, 0.1) is 12.4 Å². The second-order valence-corrected chi connectivity index (χ2v) is 3.41. The molecule has 1 heterocycles. The molecule has 0 saturated heterocycles. The lowest BCUT2D eigenvalue weighted by Crippen LogP contribution is -2.24. The summed E-state index contributed by atoms with van der Waals surface area (Å²) in [5, 5.41) is 6.67. The van der Waals surface area contributed by atoms with Crippen molar-refractivity contribution in [2.75, 3.05) is 13.1 Å². The number of hydroxylamine groups is 1. The Bertz CT molecular complexity index is 303. The van der Waals surface area contributed by atoms with E-state index < -0.39 is 7.82 Å². The first-order valence-electron chi connectivity index (χ1n) is 3.65. The maximum Gasteiger partial charge on any atom is 0.564 e. The van der Waals surface area contributed by atoms with Crippen LogP contribution < -0.4 is 15.8 Å². The van der Waals surface area contributed by atoms with E-state index in [0.717, 1.165) is 0 Å². The summed E-state index contributed by atoms with van der Waals surface area (Å²) in [5.74, 6) is 0. The van der Waals surface area contributed by atoms with Crippen LogP contribution in [0.15, 0.2) is 12.4 Å². The molecule has 1 unspecified atom stereocenters. The number of nitrogens with one attached hydrogen (secondary N) is 1. The zero-order valence-electron chi connectivity index (χ0n) is 7.11. The highest BCUT2D eigenvalue weighted by Crippen LogP contribution is 2.37. The standard InChI is InChI=1S/C4H10N5O4P/c5-1-2-7-12-14(10,11)13-9-4-3-6-8-9/h3-4,7H,1-2,5H2,(H,10,11). The number of rotatable bonds is 6. The molecule has 10 heteroatoms. The minimum absolute atomic E-state index is 0.227. The van der Waals surface area contributed by atoms with Crippen molar-refractivity contribution in [2.24, 2.45) is 5.73 Å². The van der Waals surface area contributed by atoms with Crippen LogP contribution in [0, 0.1) is 0 Å². The van der Waals surface area contributed by atoms with Gasteiger partial charge < -0.3 is 5.73 Å². The molecule has 0 aliphatic heterocycles. The number of nitrogens with two attached hydrogens (primary N) is 1. The van der Waals surface area contributed by atoms with Gasteiger partial charge in [-0.15, -0.1) is 5.10 Å². The minimum atomic E-state index is -4.22. The third kappa shape index (κ3) is 3.81. The predicted octanol–water partition coefficient (Wildman–Crippen LogP) is -1.71. The maximum atomic E-state index is 11.1. The van der Waals surface area contributed by atoms with Crippen LogP contribution in [-0.2, 0) is 9.19 Å². The largest absolute Gasteiger partial charge is 0.564 e. The molecule has 14 heavy (non-hydrogen) atoms. The fraction of sp³-hybridized carbons (Fsp3) is 0.500. The van der Waals surface area contributed by atoms with Crippen LogP contribution in [0.4, 0.5) is 0 Å². The second-order valence-electron chi connectivity index (χ2n) is 2.13. The Labute approximate surface area is 79.3 Å². The van der Waals surface area contributed by atoms with E-state index in [0.29, 0.717) is 4.85 Å². The molecule has 0 spiro atoms. The Morgan fingerprint density at radius 2 is 2.50 bits per heavy atom. The third-order valence-corrected chi connectivity index (χ3v) is 1.75. The maximum absolute atomic E-state index is 11.1. The molecule has 0 bridgehead atoms. The number of hydrogen-bond acceptors (Lipinski definition) is 7. The summed E-state index contributed by atoms with van der Waals surface area (Å²) in [6.07, 6.45) is 2.53. The lowest BCUT2D eigenvalue weighted by molar-refractivity contribution is 0.0794. The Balaban J connectivity index is 2.38. The van der Waals surface area contributed by atoms with E-state index in [9.17, 15) is 4.57 Å². The molecule has 0 radical (unpaired) electrons. The van der Waals surface area contributed by atoms with Crippen molar-refractivity contribution in [3.8, 4) is 0 Å². The van der Waals surface area contributed by atoms with Gasteiger partial charge in [-0.3, -0.25) is 9.52 Å². The summed E-state index contributed by atoms with van der Waals surface area (Å²) in [4.78, 5) is 9.75. The van der Waals surface area contributed by atoms with E-state index in [2.05, 4.69) is 25.0 Å². The topological polar surface area (TPSA) is 125 Å². The van der Waals surface area contributed by atoms with Crippen molar-refractivity contribution in [3.63, 3.8) is 0 Å². The molecule has 1 aromatic heterocycles. The first kappa shape index (κ1) is 11.1. The zero-order valence-corrected chi connectivity index (χ0v) is 8.00. The van der Waals surface area contributed by atoms with E-state index in [1.807, 2.05) is 0 Å². The molecule has 4 N–H and O–H groups in total. The summed E-state index contributed by atoms with van der Waals surface area (Å²) in [6.45, 7) is 0.495. The molecule has 80 valence electrons. The normalized spacial score (nSPS) is 15.0.